The zero-order valence-corrected chi connectivity index (χ0v) is 28.3. The van der Waals surface area contributed by atoms with Crippen LogP contribution in [0, 0.1) is 0 Å². The summed E-state index contributed by atoms with van der Waals surface area (Å²) in [6, 6.07) is 28.1. The number of carbonyl (C=O) groups is 2. The van der Waals surface area contributed by atoms with Gasteiger partial charge in [-0.05, 0) is 53.9 Å². The van der Waals surface area contributed by atoms with Crippen LogP contribution >= 0.6 is 11.6 Å². The Kier molecular flexibility index (Phi) is 12.7. The number of carbonyl (C=O) groups excluding carboxylic acids is 2. The summed E-state index contributed by atoms with van der Waals surface area (Å²) in [6.45, 7) is 1.96. The van der Waals surface area contributed by atoms with Crippen molar-refractivity contribution in [3.63, 3.8) is 0 Å². The SMILES string of the molecule is CCCCNC(=O)[C@@H](Cc1ccccc1)N(Cc1ccc(Cl)cc1)C(=O)CN(c1ccccc1)S(=O)(=O)c1ccc(OC)c(OC)c1. The van der Waals surface area contributed by atoms with E-state index in [9.17, 15) is 18.0 Å². The van der Waals surface area contributed by atoms with Crippen LogP contribution in [-0.2, 0) is 32.6 Å². The van der Waals surface area contributed by atoms with Gasteiger partial charge in [-0.2, -0.15) is 0 Å². The monoisotopic (exact) mass is 677 g/mol. The van der Waals surface area contributed by atoms with Crippen molar-refractivity contribution in [3.05, 3.63) is 119 Å². The summed E-state index contributed by atoms with van der Waals surface area (Å²) in [5, 5.41) is 3.52. The zero-order chi connectivity index (χ0) is 33.8. The highest BCUT2D eigenvalue weighted by atomic mass is 35.5. The van der Waals surface area contributed by atoms with Crippen LogP contribution in [0.1, 0.15) is 30.9 Å². The number of sulfonamides is 1. The molecule has 0 aliphatic rings. The largest absolute Gasteiger partial charge is 0.493 e. The van der Waals surface area contributed by atoms with Crippen molar-refractivity contribution in [3.8, 4) is 11.5 Å². The lowest BCUT2D eigenvalue weighted by molar-refractivity contribution is -0.140. The van der Waals surface area contributed by atoms with Crippen LogP contribution in [-0.4, -0.2) is 58.5 Å². The van der Waals surface area contributed by atoms with Crippen molar-refractivity contribution < 1.29 is 27.5 Å². The van der Waals surface area contributed by atoms with E-state index in [2.05, 4.69) is 5.32 Å². The molecule has 4 rings (SSSR count). The van der Waals surface area contributed by atoms with Gasteiger partial charge in [-0.1, -0.05) is 85.6 Å². The van der Waals surface area contributed by atoms with Crippen LogP contribution < -0.4 is 19.1 Å². The standard InChI is InChI=1S/C36H40ClN3O6S/c1-4-5-22-38-36(42)32(23-27-12-8-6-9-13-27)39(25-28-16-18-29(37)19-17-28)35(41)26-40(30-14-10-7-11-15-30)47(43,44)31-20-21-33(45-2)34(24-31)46-3/h6-21,24,32H,4-5,22-23,25-26H2,1-3H3,(H,38,42)/t32-/m1/s1. The molecule has 2 amide bonds. The first-order valence-corrected chi connectivity index (χ1v) is 17.1. The van der Waals surface area contributed by atoms with E-state index >= 15 is 0 Å². The van der Waals surface area contributed by atoms with E-state index in [0.717, 1.165) is 28.3 Å². The molecule has 4 aromatic carbocycles. The Labute approximate surface area is 282 Å². The number of rotatable bonds is 16. The summed E-state index contributed by atoms with van der Waals surface area (Å²) < 4.78 is 40.3. The third-order valence-corrected chi connectivity index (χ3v) is 9.65. The third-order valence-electron chi connectivity index (χ3n) is 7.63. The number of halogens is 1. The highest BCUT2D eigenvalue weighted by Gasteiger charge is 2.35. The number of nitrogens with zero attached hydrogens (tertiary/aromatic N) is 2. The first-order valence-electron chi connectivity index (χ1n) is 15.3. The maximum Gasteiger partial charge on any atom is 0.264 e. The second kappa shape index (κ2) is 16.9. The van der Waals surface area contributed by atoms with Crippen LogP contribution in [0.4, 0.5) is 5.69 Å². The summed E-state index contributed by atoms with van der Waals surface area (Å²) in [6.07, 6.45) is 1.89. The Morgan fingerprint density at radius 2 is 1.47 bits per heavy atom. The Morgan fingerprint density at radius 1 is 0.830 bits per heavy atom. The quantitative estimate of drug-likeness (QED) is 0.144. The molecule has 1 N–H and O–H groups in total. The molecule has 0 aliphatic heterocycles. The molecule has 0 radical (unpaired) electrons. The molecule has 0 unspecified atom stereocenters. The van der Waals surface area contributed by atoms with Gasteiger partial charge in [0.25, 0.3) is 10.0 Å². The summed E-state index contributed by atoms with van der Waals surface area (Å²) in [5.41, 5.74) is 1.88. The topological polar surface area (TPSA) is 105 Å². The molecule has 0 saturated heterocycles. The van der Waals surface area contributed by atoms with Crippen molar-refractivity contribution in [1.29, 1.82) is 0 Å². The molecule has 0 fully saturated rings. The number of para-hydroxylation sites is 1. The third kappa shape index (κ3) is 9.27. The summed E-state index contributed by atoms with van der Waals surface area (Å²) in [7, 11) is -1.43. The van der Waals surface area contributed by atoms with Crippen molar-refractivity contribution in [2.45, 2.75) is 43.7 Å². The highest BCUT2D eigenvalue weighted by molar-refractivity contribution is 7.92. The van der Waals surface area contributed by atoms with Crippen molar-refractivity contribution in [1.82, 2.24) is 10.2 Å². The molecule has 11 heteroatoms. The second-order valence-electron chi connectivity index (χ2n) is 10.9. The van der Waals surface area contributed by atoms with Gasteiger partial charge < -0.3 is 19.7 Å². The van der Waals surface area contributed by atoms with Gasteiger partial charge in [0.2, 0.25) is 11.8 Å². The molecule has 4 aromatic rings. The maximum absolute atomic E-state index is 14.5. The average molecular weight is 678 g/mol. The van der Waals surface area contributed by atoms with Gasteiger partial charge in [0.1, 0.15) is 12.6 Å². The Balaban J connectivity index is 1.79. The predicted molar refractivity (Wildman–Crippen MR) is 184 cm³/mol. The fraction of sp³-hybridized carbons (Fsp3) is 0.278. The van der Waals surface area contributed by atoms with E-state index in [1.165, 1.54) is 37.3 Å². The number of hydrogen-bond acceptors (Lipinski definition) is 6. The number of methoxy groups -OCH3 is 2. The fourth-order valence-corrected chi connectivity index (χ4v) is 6.63. The number of benzene rings is 4. The molecule has 0 spiro atoms. The van der Waals surface area contributed by atoms with Gasteiger partial charge >= 0.3 is 0 Å². The molecule has 0 saturated carbocycles. The Morgan fingerprint density at radius 3 is 2.09 bits per heavy atom. The lowest BCUT2D eigenvalue weighted by atomic mass is 10.0. The highest BCUT2D eigenvalue weighted by Crippen LogP contribution is 2.32. The maximum atomic E-state index is 14.5. The van der Waals surface area contributed by atoms with Gasteiger partial charge in [0.05, 0.1) is 24.8 Å². The van der Waals surface area contributed by atoms with Gasteiger partial charge in [-0.25, -0.2) is 8.42 Å². The van der Waals surface area contributed by atoms with Crippen molar-refractivity contribution in [2.24, 2.45) is 0 Å². The lowest BCUT2D eigenvalue weighted by Gasteiger charge is -2.34. The minimum atomic E-state index is -4.31. The molecular weight excluding hydrogens is 638 g/mol. The first-order chi connectivity index (χ1) is 22.7. The van der Waals surface area contributed by atoms with Crippen LogP contribution in [0.15, 0.2) is 108 Å². The number of anilines is 1. The number of amides is 2. The van der Waals surface area contributed by atoms with E-state index in [1.54, 1.807) is 54.6 Å². The van der Waals surface area contributed by atoms with Crippen LogP contribution in [0.2, 0.25) is 5.02 Å². The van der Waals surface area contributed by atoms with Gasteiger partial charge in [0.15, 0.2) is 11.5 Å². The molecular formula is C36H40ClN3O6S. The molecule has 0 heterocycles. The van der Waals surface area contributed by atoms with E-state index in [0.29, 0.717) is 17.3 Å². The van der Waals surface area contributed by atoms with Gasteiger partial charge in [-0.15, -0.1) is 0 Å². The number of nitrogens with one attached hydrogen (secondary N) is 1. The van der Waals surface area contributed by atoms with Crippen LogP contribution in [0.3, 0.4) is 0 Å². The minimum Gasteiger partial charge on any atom is -0.493 e. The molecule has 9 nitrogen and oxygen atoms in total. The summed E-state index contributed by atoms with van der Waals surface area (Å²) in [5.74, 6) is -0.289. The van der Waals surface area contributed by atoms with Crippen LogP contribution in [0.5, 0.6) is 11.5 Å². The second-order valence-corrected chi connectivity index (χ2v) is 13.2. The normalized spacial score (nSPS) is 11.7. The first kappa shape index (κ1) is 35.3. The zero-order valence-electron chi connectivity index (χ0n) is 26.8. The molecule has 1 atom stereocenters. The molecule has 0 aliphatic carbocycles. The predicted octanol–water partition coefficient (Wildman–Crippen LogP) is 6.11. The number of ether oxygens (including phenoxy) is 2. The van der Waals surface area contributed by atoms with Crippen LogP contribution in [0.25, 0.3) is 0 Å². The number of unbranched alkanes of at least 4 members (excludes halogenated alkanes) is 1. The lowest BCUT2D eigenvalue weighted by Crippen LogP contribution is -2.53. The smallest absolute Gasteiger partial charge is 0.264 e. The molecule has 248 valence electrons. The van der Waals surface area contributed by atoms with E-state index in [1.807, 2.05) is 37.3 Å². The van der Waals surface area contributed by atoms with Crippen molar-refractivity contribution in [2.75, 3.05) is 31.6 Å². The summed E-state index contributed by atoms with van der Waals surface area (Å²) >= 11 is 6.15. The van der Waals surface area contributed by atoms with E-state index in [-0.39, 0.29) is 35.2 Å². The molecule has 47 heavy (non-hydrogen) atoms. The van der Waals surface area contributed by atoms with Crippen molar-refractivity contribution >= 4 is 39.1 Å². The van der Waals surface area contributed by atoms with E-state index < -0.39 is 28.5 Å². The number of hydrogen-bond donors (Lipinski definition) is 1. The summed E-state index contributed by atoms with van der Waals surface area (Å²) in [4.78, 5) is 29.7. The molecule has 0 aromatic heterocycles. The van der Waals surface area contributed by atoms with Gasteiger partial charge in [-0.3, -0.25) is 13.9 Å². The Bertz CT molecular complexity index is 1720. The van der Waals surface area contributed by atoms with E-state index in [4.69, 9.17) is 21.1 Å². The fourth-order valence-electron chi connectivity index (χ4n) is 5.07. The Hall–Kier alpha value is -4.54. The average Bonchev–Trinajstić information content (AvgIpc) is 3.09. The minimum absolute atomic E-state index is 0.0493. The molecule has 0 bridgehead atoms. The van der Waals surface area contributed by atoms with Gasteiger partial charge in [0, 0.05) is 30.6 Å².